The van der Waals surface area contributed by atoms with E-state index in [9.17, 15) is 9.59 Å². The fraction of sp³-hybridized carbons (Fsp3) is 0.913. The standard InChI is InChI=1S/C23H40O6/c1-5-14-27-22(25)16-29-20-12-8-18(9-13-20)23(2,3)17-6-10-19(11-7-17)28-15-21(24)26-4/h17-20H,5-16H2,1-4H3. The summed E-state index contributed by atoms with van der Waals surface area (Å²) < 4.78 is 21.2. The summed E-state index contributed by atoms with van der Waals surface area (Å²) in [5.74, 6) is 0.824. The van der Waals surface area contributed by atoms with Crippen LogP contribution < -0.4 is 0 Å². The SMILES string of the molecule is CCCOC(=O)COC1CCC(C(C)(C)C2CCC(OCC(=O)OC)CC2)CC1. The minimum atomic E-state index is -0.301. The van der Waals surface area contributed by atoms with Crippen LogP contribution in [0.1, 0.15) is 78.6 Å². The number of hydrogen-bond acceptors (Lipinski definition) is 6. The molecule has 2 aliphatic rings. The average Bonchev–Trinajstić information content (AvgIpc) is 2.75. The lowest BCUT2D eigenvalue weighted by molar-refractivity contribution is -0.152. The van der Waals surface area contributed by atoms with Gasteiger partial charge in [-0.15, -0.1) is 0 Å². The Hall–Kier alpha value is -1.14. The molecule has 6 nitrogen and oxygen atoms in total. The highest BCUT2D eigenvalue weighted by Crippen LogP contribution is 2.48. The average molecular weight is 413 g/mol. The van der Waals surface area contributed by atoms with Gasteiger partial charge in [-0.1, -0.05) is 20.8 Å². The van der Waals surface area contributed by atoms with Crippen molar-refractivity contribution in [1.82, 2.24) is 0 Å². The molecule has 168 valence electrons. The molecule has 0 radical (unpaired) electrons. The third kappa shape index (κ3) is 7.56. The summed E-state index contributed by atoms with van der Waals surface area (Å²) in [4.78, 5) is 22.9. The van der Waals surface area contributed by atoms with Crippen molar-refractivity contribution in [3.8, 4) is 0 Å². The van der Waals surface area contributed by atoms with Crippen LogP contribution >= 0.6 is 0 Å². The van der Waals surface area contributed by atoms with Gasteiger partial charge in [-0.25, -0.2) is 9.59 Å². The summed E-state index contributed by atoms with van der Waals surface area (Å²) in [5, 5.41) is 0. The summed E-state index contributed by atoms with van der Waals surface area (Å²) >= 11 is 0. The Morgan fingerprint density at radius 1 is 0.793 bits per heavy atom. The second-order valence-corrected chi connectivity index (χ2v) is 9.19. The van der Waals surface area contributed by atoms with Crippen molar-refractivity contribution in [3.05, 3.63) is 0 Å². The zero-order valence-electron chi connectivity index (χ0n) is 18.7. The van der Waals surface area contributed by atoms with Gasteiger partial charge in [-0.2, -0.15) is 0 Å². The monoisotopic (exact) mass is 412 g/mol. The van der Waals surface area contributed by atoms with Crippen LogP contribution in [0.4, 0.5) is 0 Å². The maximum atomic E-state index is 11.6. The molecule has 0 aromatic rings. The Morgan fingerprint density at radius 2 is 1.24 bits per heavy atom. The summed E-state index contributed by atoms with van der Waals surface area (Å²) in [6.07, 6.45) is 9.88. The molecule has 0 saturated heterocycles. The van der Waals surface area contributed by atoms with E-state index >= 15 is 0 Å². The second kappa shape index (κ2) is 11.9. The fourth-order valence-corrected chi connectivity index (χ4v) is 4.97. The first-order chi connectivity index (χ1) is 13.9. The van der Waals surface area contributed by atoms with Gasteiger partial charge in [0.25, 0.3) is 0 Å². The molecule has 0 unspecified atom stereocenters. The first kappa shape index (κ1) is 24.1. The molecule has 0 atom stereocenters. The third-order valence-electron chi connectivity index (χ3n) is 7.02. The van der Waals surface area contributed by atoms with E-state index in [-0.39, 0.29) is 37.4 Å². The van der Waals surface area contributed by atoms with Crippen molar-refractivity contribution in [2.24, 2.45) is 17.3 Å². The molecule has 0 N–H and O–H groups in total. The molecule has 0 bridgehead atoms. The lowest BCUT2D eigenvalue weighted by atomic mass is 9.60. The highest BCUT2D eigenvalue weighted by molar-refractivity contribution is 5.70. The van der Waals surface area contributed by atoms with Gasteiger partial charge >= 0.3 is 11.9 Å². The zero-order valence-corrected chi connectivity index (χ0v) is 18.7. The predicted molar refractivity (Wildman–Crippen MR) is 110 cm³/mol. The summed E-state index contributed by atoms with van der Waals surface area (Å²) in [5.41, 5.74) is 0.290. The second-order valence-electron chi connectivity index (χ2n) is 9.19. The van der Waals surface area contributed by atoms with Gasteiger partial charge in [-0.3, -0.25) is 0 Å². The van der Waals surface area contributed by atoms with E-state index < -0.39 is 0 Å². The molecule has 2 saturated carbocycles. The van der Waals surface area contributed by atoms with E-state index in [1.54, 1.807) is 0 Å². The third-order valence-corrected chi connectivity index (χ3v) is 7.02. The van der Waals surface area contributed by atoms with Gasteiger partial charge in [0.15, 0.2) is 0 Å². The van der Waals surface area contributed by atoms with Crippen molar-refractivity contribution in [1.29, 1.82) is 0 Å². The predicted octanol–water partition coefficient (Wildman–Crippen LogP) is 4.29. The zero-order chi connectivity index (χ0) is 21.3. The highest BCUT2D eigenvalue weighted by Gasteiger charge is 2.40. The lowest BCUT2D eigenvalue weighted by Gasteiger charge is -2.46. The Kier molecular flexibility index (Phi) is 9.90. The van der Waals surface area contributed by atoms with Crippen molar-refractivity contribution in [2.45, 2.75) is 90.8 Å². The highest BCUT2D eigenvalue weighted by atomic mass is 16.6. The molecule has 0 aromatic heterocycles. The van der Waals surface area contributed by atoms with Gasteiger partial charge in [0, 0.05) is 0 Å². The normalized spacial score (nSPS) is 28.0. The topological polar surface area (TPSA) is 71.1 Å². The van der Waals surface area contributed by atoms with E-state index in [4.69, 9.17) is 14.2 Å². The van der Waals surface area contributed by atoms with Crippen LogP contribution in [0.5, 0.6) is 0 Å². The molecular weight excluding hydrogens is 372 g/mol. The van der Waals surface area contributed by atoms with E-state index in [0.29, 0.717) is 23.9 Å². The molecule has 29 heavy (non-hydrogen) atoms. The number of methoxy groups -OCH3 is 1. The number of ether oxygens (including phenoxy) is 4. The smallest absolute Gasteiger partial charge is 0.332 e. The number of rotatable bonds is 10. The van der Waals surface area contributed by atoms with Crippen LogP contribution in [0.3, 0.4) is 0 Å². The molecule has 0 aliphatic heterocycles. The van der Waals surface area contributed by atoms with Crippen LogP contribution in [-0.2, 0) is 28.5 Å². The van der Waals surface area contributed by atoms with Gasteiger partial charge in [-0.05, 0) is 75.0 Å². The molecule has 2 rings (SSSR count). The Morgan fingerprint density at radius 3 is 1.66 bits per heavy atom. The van der Waals surface area contributed by atoms with Gasteiger partial charge in [0.1, 0.15) is 13.2 Å². The van der Waals surface area contributed by atoms with Crippen molar-refractivity contribution >= 4 is 11.9 Å². The number of hydrogen-bond donors (Lipinski definition) is 0. The maximum absolute atomic E-state index is 11.6. The Labute approximate surface area is 176 Å². The Bertz CT molecular complexity index is 501. The molecule has 0 aromatic carbocycles. The van der Waals surface area contributed by atoms with Crippen LogP contribution in [0, 0.1) is 17.3 Å². The molecule has 0 spiro atoms. The number of carbonyl (C=O) groups is 2. The summed E-state index contributed by atoms with van der Waals surface area (Å²) in [7, 11) is 1.39. The molecule has 0 heterocycles. The Balaban J connectivity index is 1.70. The van der Waals surface area contributed by atoms with Gasteiger partial charge in [0.05, 0.1) is 25.9 Å². The molecule has 2 aliphatic carbocycles. The quantitative estimate of drug-likeness (QED) is 0.499. The fourth-order valence-electron chi connectivity index (χ4n) is 4.97. The van der Waals surface area contributed by atoms with Gasteiger partial charge < -0.3 is 18.9 Å². The lowest BCUT2D eigenvalue weighted by Crippen LogP contribution is -2.39. The van der Waals surface area contributed by atoms with E-state index in [2.05, 4.69) is 18.6 Å². The first-order valence-corrected chi connectivity index (χ1v) is 11.3. The van der Waals surface area contributed by atoms with E-state index in [1.807, 2.05) is 6.92 Å². The molecule has 0 amide bonds. The van der Waals surface area contributed by atoms with Crippen LogP contribution in [0.15, 0.2) is 0 Å². The first-order valence-electron chi connectivity index (χ1n) is 11.3. The van der Waals surface area contributed by atoms with Crippen LogP contribution in [0.25, 0.3) is 0 Å². The molecular formula is C23H40O6. The van der Waals surface area contributed by atoms with Gasteiger partial charge in [0.2, 0.25) is 0 Å². The van der Waals surface area contributed by atoms with E-state index in [0.717, 1.165) is 57.8 Å². The van der Waals surface area contributed by atoms with E-state index in [1.165, 1.54) is 7.11 Å². The number of carbonyl (C=O) groups excluding carboxylic acids is 2. The maximum Gasteiger partial charge on any atom is 0.332 e. The number of esters is 2. The molecule has 2 fully saturated rings. The minimum absolute atomic E-state index is 0.0607. The summed E-state index contributed by atoms with van der Waals surface area (Å²) in [6.45, 7) is 7.43. The van der Waals surface area contributed by atoms with Crippen molar-refractivity contribution in [2.75, 3.05) is 26.9 Å². The van der Waals surface area contributed by atoms with Crippen LogP contribution in [0.2, 0.25) is 0 Å². The van der Waals surface area contributed by atoms with Crippen molar-refractivity contribution < 1.29 is 28.5 Å². The summed E-state index contributed by atoms with van der Waals surface area (Å²) in [6, 6.07) is 0. The molecule has 6 heteroatoms. The van der Waals surface area contributed by atoms with Crippen molar-refractivity contribution in [3.63, 3.8) is 0 Å². The largest absolute Gasteiger partial charge is 0.467 e. The minimum Gasteiger partial charge on any atom is -0.467 e. The van der Waals surface area contributed by atoms with Crippen LogP contribution in [-0.4, -0.2) is 51.1 Å².